The third-order valence-corrected chi connectivity index (χ3v) is 4.78. The number of aryl methyl sites for hydroxylation is 1. The van der Waals surface area contributed by atoms with Crippen molar-refractivity contribution in [3.05, 3.63) is 64.4 Å². The number of hydrogen-bond donors (Lipinski definition) is 0. The number of Topliss-reactive ketones (excluding diaryl/α,β-unsaturated/α-hetero) is 1. The number of rotatable bonds is 6. The third-order valence-electron chi connectivity index (χ3n) is 4.78. The summed E-state index contributed by atoms with van der Waals surface area (Å²) in [7, 11) is 0. The largest absolute Gasteiger partial charge is 0.479 e. The van der Waals surface area contributed by atoms with Crippen molar-refractivity contribution < 1.29 is 23.8 Å². The van der Waals surface area contributed by atoms with Gasteiger partial charge in [-0.25, -0.2) is 4.79 Å². The molecule has 5 nitrogen and oxygen atoms in total. The van der Waals surface area contributed by atoms with Crippen LogP contribution in [0.1, 0.15) is 60.7 Å². The quantitative estimate of drug-likeness (QED) is 0.506. The first kappa shape index (κ1) is 20.6. The molecule has 0 N–H and O–H groups in total. The summed E-state index contributed by atoms with van der Waals surface area (Å²) in [4.78, 5) is 24.6. The Balaban J connectivity index is 1.82. The number of ketones is 1. The molecular weight excluding hydrogens is 368 g/mol. The molecule has 1 aliphatic rings. The lowest BCUT2D eigenvalue weighted by atomic mass is 10.0. The van der Waals surface area contributed by atoms with Crippen LogP contribution in [0.3, 0.4) is 0 Å². The fourth-order valence-electron chi connectivity index (χ4n) is 3.19. The van der Waals surface area contributed by atoms with Gasteiger partial charge in [0.1, 0.15) is 11.5 Å². The molecule has 1 unspecified atom stereocenters. The predicted molar refractivity (Wildman–Crippen MR) is 111 cm³/mol. The molecule has 1 atom stereocenters. The fourth-order valence-corrected chi connectivity index (χ4v) is 3.19. The number of fused-ring (bicyclic) bond motifs is 1. The molecule has 0 aliphatic carbocycles. The smallest absolute Gasteiger partial charge is 0.347 e. The number of benzene rings is 2. The van der Waals surface area contributed by atoms with E-state index in [2.05, 4.69) is 26.0 Å². The number of hydrogen-bond acceptors (Lipinski definition) is 5. The Morgan fingerprint density at radius 1 is 1.14 bits per heavy atom. The van der Waals surface area contributed by atoms with Gasteiger partial charge >= 0.3 is 5.97 Å². The van der Waals surface area contributed by atoms with E-state index in [1.54, 1.807) is 32.1 Å². The van der Waals surface area contributed by atoms with Crippen molar-refractivity contribution in [2.24, 2.45) is 0 Å². The summed E-state index contributed by atoms with van der Waals surface area (Å²) >= 11 is 0. The minimum Gasteiger partial charge on any atom is -0.479 e. The Kier molecular flexibility index (Phi) is 6.06. The van der Waals surface area contributed by atoms with Crippen molar-refractivity contribution in [3.63, 3.8) is 0 Å². The Bertz CT molecular complexity index is 954. The number of esters is 1. The zero-order chi connectivity index (χ0) is 21.1. The molecule has 0 aromatic heterocycles. The minimum atomic E-state index is -0.751. The lowest BCUT2D eigenvalue weighted by molar-refractivity contribution is -0.150. The molecule has 0 amide bonds. The standard InChI is InChI=1S/C24H26O5/c1-6-27-24(26)16(5)28-19-11-15(4)22-20(13-19)29-21(23(22)25)12-17-7-9-18(10-8-17)14(2)3/h7-14,16H,6H2,1-5H3/b21-12-. The van der Waals surface area contributed by atoms with Crippen molar-refractivity contribution >= 4 is 17.8 Å². The number of carbonyl (C=O) groups excluding carboxylic acids is 2. The number of ether oxygens (including phenoxy) is 3. The van der Waals surface area contributed by atoms with Gasteiger partial charge in [-0.2, -0.15) is 0 Å². The molecule has 0 saturated carbocycles. The van der Waals surface area contributed by atoms with Crippen molar-refractivity contribution in [1.82, 2.24) is 0 Å². The van der Waals surface area contributed by atoms with Crippen LogP contribution < -0.4 is 9.47 Å². The predicted octanol–water partition coefficient (Wildman–Crippen LogP) is 5.07. The average molecular weight is 394 g/mol. The second kappa shape index (κ2) is 8.52. The third kappa shape index (κ3) is 4.50. The van der Waals surface area contributed by atoms with Gasteiger partial charge in [-0.15, -0.1) is 0 Å². The van der Waals surface area contributed by atoms with Crippen molar-refractivity contribution in [2.45, 2.75) is 46.6 Å². The van der Waals surface area contributed by atoms with Gasteiger partial charge in [0, 0.05) is 6.07 Å². The van der Waals surface area contributed by atoms with Gasteiger partial charge in [-0.05, 0) is 55.5 Å². The molecule has 2 aromatic carbocycles. The van der Waals surface area contributed by atoms with Gasteiger partial charge in [-0.1, -0.05) is 38.1 Å². The molecule has 0 radical (unpaired) electrons. The summed E-state index contributed by atoms with van der Waals surface area (Å²) in [5.41, 5.74) is 3.39. The van der Waals surface area contributed by atoms with E-state index in [1.807, 2.05) is 19.1 Å². The summed E-state index contributed by atoms with van der Waals surface area (Å²) in [6, 6.07) is 11.4. The highest BCUT2D eigenvalue weighted by Crippen LogP contribution is 2.37. The maximum atomic E-state index is 12.8. The molecule has 0 saturated heterocycles. The van der Waals surface area contributed by atoms with Crippen LogP contribution in [0.4, 0.5) is 0 Å². The average Bonchev–Trinajstić information content (AvgIpc) is 2.98. The highest BCUT2D eigenvalue weighted by Gasteiger charge is 2.30. The lowest BCUT2D eigenvalue weighted by Crippen LogP contribution is -2.26. The molecule has 5 heteroatoms. The van der Waals surface area contributed by atoms with Crippen LogP contribution in [-0.4, -0.2) is 24.5 Å². The molecule has 3 rings (SSSR count). The molecule has 0 fully saturated rings. The summed E-state index contributed by atoms with van der Waals surface area (Å²) in [6.07, 6.45) is 0.993. The van der Waals surface area contributed by atoms with Gasteiger partial charge in [0.15, 0.2) is 11.9 Å². The van der Waals surface area contributed by atoms with Crippen LogP contribution in [-0.2, 0) is 9.53 Å². The first-order valence-electron chi connectivity index (χ1n) is 9.82. The zero-order valence-electron chi connectivity index (χ0n) is 17.4. The van der Waals surface area contributed by atoms with Gasteiger partial charge < -0.3 is 14.2 Å². The molecule has 152 valence electrons. The summed E-state index contributed by atoms with van der Waals surface area (Å²) in [6.45, 7) is 9.76. The van der Waals surface area contributed by atoms with Gasteiger partial charge in [0.05, 0.1) is 12.2 Å². The Morgan fingerprint density at radius 2 is 1.83 bits per heavy atom. The van der Waals surface area contributed by atoms with Crippen LogP contribution >= 0.6 is 0 Å². The van der Waals surface area contributed by atoms with Crippen LogP contribution in [0.25, 0.3) is 6.08 Å². The molecular formula is C24H26O5. The van der Waals surface area contributed by atoms with Crippen LogP contribution in [0.5, 0.6) is 11.5 Å². The second-order valence-corrected chi connectivity index (χ2v) is 7.39. The van der Waals surface area contributed by atoms with Crippen molar-refractivity contribution in [1.29, 1.82) is 0 Å². The molecule has 0 spiro atoms. The monoisotopic (exact) mass is 394 g/mol. The van der Waals surface area contributed by atoms with Gasteiger partial charge in [0.25, 0.3) is 0 Å². The van der Waals surface area contributed by atoms with E-state index in [1.165, 1.54) is 5.56 Å². The van der Waals surface area contributed by atoms with E-state index in [0.29, 0.717) is 29.6 Å². The van der Waals surface area contributed by atoms with E-state index in [9.17, 15) is 9.59 Å². The Labute approximate surface area is 171 Å². The minimum absolute atomic E-state index is 0.157. The highest BCUT2D eigenvalue weighted by molar-refractivity contribution is 6.15. The summed E-state index contributed by atoms with van der Waals surface area (Å²) in [5.74, 6) is 1.02. The first-order valence-corrected chi connectivity index (χ1v) is 9.82. The van der Waals surface area contributed by atoms with E-state index >= 15 is 0 Å². The molecule has 2 aromatic rings. The number of allylic oxidation sites excluding steroid dienone is 1. The van der Waals surface area contributed by atoms with Crippen molar-refractivity contribution in [3.8, 4) is 11.5 Å². The molecule has 29 heavy (non-hydrogen) atoms. The zero-order valence-corrected chi connectivity index (χ0v) is 17.4. The Morgan fingerprint density at radius 3 is 2.45 bits per heavy atom. The lowest BCUT2D eigenvalue weighted by Gasteiger charge is -2.14. The highest BCUT2D eigenvalue weighted by atomic mass is 16.6. The van der Waals surface area contributed by atoms with Crippen LogP contribution in [0.2, 0.25) is 0 Å². The van der Waals surface area contributed by atoms with Crippen molar-refractivity contribution in [2.75, 3.05) is 6.61 Å². The second-order valence-electron chi connectivity index (χ2n) is 7.39. The van der Waals surface area contributed by atoms with Crippen LogP contribution in [0, 0.1) is 6.92 Å². The first-order chi connectivity index (χ1) is 13.8. The molecule has 1 aliphatic heterocycles. The van der Waals surface area contributed by atoms with E-state index < -0.39 is 12.1 Å². The summed E-state index contributed by atoms with van der Waals surface area (Å²) in [5, 5.41) is 0. The van der Waals surface area contributed by atoms with E-state index in [0.717, 1.165) is 11.1 Å². The maximum Gasteiger partial charge on any atom is 0.347 e. The Hall–Kier alpha value is -3.08. The van der Waals surface area contributed by atoms with E-state index in [4.69, 9.17) is 14.2 Å². The molecule has 0 bridgehead atoms. The SMILES string of the molecule is CCOC(=O)C(C)Oc1cc(C)c2c(c1)O/C(=C\c1ccc(C(C)C)cc1)C2=O. The normalized spacial score (nSPS) is 15.2. The van der Waals surface area contributed by atoms with Crippen LogP contribution in [0.15, 0.2) is 42.2 Å². The number of carbonyl (C=O) groups is 2. The topological polar surface area (TPSA) is 61.8 Å². The fraction of sp³-hybridized carbons (Fsp3) is 0.333. The molecule has 1 heterocycles. The summed E-state index contributed by atoms with van der Waals surface area (Å²) < 4.78 is 16.5. The van der Waals surface area contributed by atoms with Gasteiger partial charge in [-0.3, -0.25) is 4.79 Å². The van der Waals surface area contributed by atoms with Gasteiger partial charge in [0.2, 0.25) is 5.78 Å². The van der Waals surface area contributed by atoms with E-state index in [-0.39, 0.29) is 11.5 Å². The maximum absolute atomic E-state index is 12.8.